The van der Waals surface area contributed by atoms with Gasteiger partial charge in [0.15, 0.2) is 0 Å². The van der Waals surface area contributed by atoms with Crippen LogP contribution in [0.5, 0.6) is 0 Å². The van der Waals surface area contributed by atoms with Crippen LogP contribution in [0.4, 0.5) is 0 Å². The van der Waals surface area contributed by atoms with Crippen LogP contribution in [0, 0.1) is 5.92 Å². The van der Waals surface area contributed by atoms with E-state index in [0.717, 1.165) is 0 Å². The van der Waals surface area contributed by atoms with Gasteiger partial charge in [-0.2, -0.15) is 0 Å². The minimum Gasteiger partial charge on any atom is -0.481 e. The molecule has 0 fully saturated rings. The molecule has 0 saturated heterocycles. The van der Waals surface area contributed by atoms with E-state index in [-0.39, 0.29) is 6.42 Å². The topological polar surface area (TPSA) is 231 Å². The van der Waals surface area contributed by atoms with Crippen LogP contribution in [-0.2, 0) is 35.2 Å². The van der Waals surface area contributed by atoms with Crippen LogP contribution in [0.25, 0.3) is 0 Å². The summed E-state index contributed by atoms with van der Waals surface area (Å²) in [6.07, 6.45) is -0.863. The lowest BCUT2D eigenvalue weighted by Gasteiger charge is -2.28. The molecular formula is C23H33N5O8. The lowest BCUT2D eigenvalue weighted by atomic mass is 9.96. The maximum absolute atomic E-state index is 13.2. The molecule has 0 aliphatic rings. The first-order valence-corrected chi connectivity index (χ1v) is 11.3. The second-order valence-corrected chi connectivity index (χ2v) is 8.40. The number of carboxylic acid groups (broad SMARTS) is 2. The molecule has 4 amide bonds. The van der Waals surface area contributed by atoms with Crippen molar-refractivity contribution < 1.29 is 39.0 Å². The zero-order valence-corrected chi connectivity index (χ0v) is 20.1. The number of benzene rings is 1. The highest BCUT2D eigenvalue weighted by Crippen LogP contribution is 2.11. The Balaban J connectivity index is 3.14. The molecule has 0 saturated carbocycles. The summed E-state index contributed by atoms with van der Waals surface area (Å²) in [5.74, 6) is -6.70. The number of carbonyl (C=O) groups excluding carboxylic acids is 4. The number of carboxylic acids is 2. The molecule has 5 unspecified atom stereocenters. The van der Waals surface area contributed by atoms with Crippen molar-refractivity contribution in [3.63, 3.8) is 0 Å². The number of carbonyl (C=O) groups is 6. The Morgan fingerprint density at radius 2 is 1.44 bits per heavy atom. The number of aliphatic carboxylic acids is 2. The van der Waals surface area contributed by atoms with Gasteiger partial charge in [0.1, 0.15) is 18.1 Å². The molecule has 0 bridgehead atoms. The van der Waals surface area contributed by atoms with Gasteiger partial charge in [-0.3, -0.25) is 24.0 Å². The molecule has 0 heterocycles. The third kappa shape index (κ3) is 10.1. The van der Waals surface area contributed by atoms with Crippen molar-refractivity contribution in [3.8, 4) is 0 Å². The van der Waals surface area contributed by atoms with E-state index in [0.29, 0.717) is 12.0 Å². The molecule has 0 spiro atoms. The summed E-state index contributed by atoms with van der Waals surface area (Å²) in [5, 5.41) is 25.3. The first kappa shape index (κ1) is 30.0. The Morgan fingerprint density at radius 3 is 1.94 bits per heavy atom. The van der Waals surface area contributed by atoms with Crippen molar-refractivity contribution in [1.29, 1.82) is 0 Å². The average Bonchev–Trinajstić information content (AvgIpc) is 2.80. The van der Waals surface area contributed by atoms with Gasteiger partial charge >= 0.3 is 11.9 Å². The summed E-state index contributed by atoms with van der Waals surface area (Å²) < 4.78 is 0. The molecule has 0 aliphatic carbocycles. The van der Waals surface area contributed by atoms with E-state index in [4.69, 9.17) is 16.6 Å². The van der Waals surface area contributed by atoms with E-state index in [1.54, 1.807) is 44.2 Å². The summed E-state index contributed by atoms with van der Waals surface area (Å²) in [6.45, 7) is 3.39. The van der Waals surface area contributed by atoms with Gasteiger partial charge in [0, 0.05) is 6.42 Å². The van der Waals surface area contributed by atoms with E-state index < -0.39 is 78.5 Å². The van der Waals surface area contributed by atoms with Crippen molar-refractivity contribution in [2.75, 3.05) is 0 Å². The highest BCUT2D eigenvalue weighted by atomic mass is 16.4. The fraction of sp³-hybridized carbons (Fsp3) is 0.478. The van der Waals surface area contributed by atoms with E-state index >= 15 is 0 Å². The van der Waals surface area contributed by atoms with Crippen LogP contribution in [0.3, 0.4) is 0 Å². The van der Waals surface area contributed by atoms with Crippen LogP contribution in [0.15, 0.2) is 30.3 Å². The normalized spacial score (nSPS) is 14.9. The largest absolute Gasteiger partial charge is 0.481 e. The van der Waals surface area contributed by atoms with Crippen molar-refractivity contribution in [2.24, 2.45) is 17.4 Å². The van der Waals surface area contributed by atoms with E-state index in [9.17, 15) is 33.9 Å². The third-order valence-electron chi connectivity index (χ3n) is 5.46. The smallest absolute Gasteiger partial charge is 0.326 e. The molecule has 1 rings (SSSR count). The summed E-state index contributed by atoms with van der Waals surface area (Å²) in [7, 11) is 0. The molecule has 0 aliphatic heterocycles. The highest BCUT2D eigenvalue weighted by molar-refractivity contribution is 5.95. The van der Waals surface area contributed by atoms with Crippen LogP contribution < -0.4 is 27.4 Å². The molecule has 36 heavy (non-hydrogen) atoms. The predicted molar refractivity (Wildman–Crippen MR) is 127 cm³/mol. The van der Waals surface area contributed by atoms with Crippen molar-refractivity contribution in [3.05, 3.63) is 35.9 Å². The van der Waals surface area contributed by atoms with Gasteiger partial charge in [-0.15, -0.1) is 0 Å². The number of primary amides is 1. The molecule has 0 radical (unpaired) electrons. The molecule has 5 atom stereocenters. The zero-order chi connectivity index (χ0) is 27.4. The summed E-state index contributed by atoms with van der Waals surface area (Å²) in [6, 6.07) is 3.23. The van der Waals surface area contributed by atoms with Crippen LogP contribution in [0.1, 0.15) is 38.7 Å². The first-order chi connectivity index (χ1) is 16.8. The lowest BCUT2D eigenvalue weighted by molar-refractivity contribution is -0.147. The molecule has 13 nitrogen and oxygen atoms in total. The number of amides is 4. The Hall–Kier alpha value is -4.00. The van der Waals surface area contributed by atoms with E-state index in [2.05, 4.69) is 16.0 Å². The Bertz CT molecular complexity index is 955. The summed E-state index contributed by atoms with van der Waals surface area (Å²) in [5.41, 5.74) is 11.5. The Labute approximate surface area is 208 Å². The zero-order valence-electron chi connectivity index (χ0n) is 20.1. The number of nitrogens with two attached hydrogens (primary N) is 2. The van der Waals surface area contributed by atoms with Crippen LogP contribution in [0.2, 0.25) is 0 Å². The van der Waals surface area contributed by atoms with Gasteiger partial charge in [-0.25, -0.2) is 4.79 Å². The van der Waals surface area contributed by atoms with Gasteiger partial charge in [0.25, 0.3) is 0 Å². The van der Waals surface area contributed by atoms with Crippen molar-refractivity contribution in [2.45, 2.75) is 63.7 Å². The second-order valence-electron chi connectivity index (χ2n) is 8.40. The molecule has 1 aromatic carbocycles. The van der Waals surface area contributed by atoms with Crippen LogP contribution in [-0.4, -0.2) is 69.9 Å². The van der Waals surface area contributed by atoms with Gasteiger partial charge in [-0.05, 0) is 11.5 Å². The monoisotopic (exact) mass is 507 g/mol. The third-order valence-corrected chi connectivity index (χ3v) is 5.46. The minimum absolute atomic E-state index is 0.0211. The summed E-state index contributed by atoms with van der Waals surface area (Å²) >= 11 is 0. The second kappa shape index (κ2) is 14.4. The fourth-order valence-corrected chi connectivity index (χ4v) is 3.24. The predicted octanol–water partition coefficient (Wildman–Crippen LogP) is -1.51. The number of rotatable bonds is 15. The quantitative estimate of drug-likeness (QED) is 0.146. The maximum Gasteiger partial charge on any atom is 0.326 e. The molecule has 198 valence electrons. The lowest BCUT2D eigenvalue weighted by Crippen LogP contribution is -2.59. The van der Waals surface area contributed by atoms with Gasteiger partial charge < -0.3 is 37.6 Å². The molecule has 0 aromatic heterocycles. The highest BCUT2D eigenvalue weighted by Gasteiger charge is 2.33. The Morgan fingerprint density at radius 1 is 0.861 bits per heavy atom. The molecule has 13 heteroatoms. The fourth-order valence-electron chi connectivity index (χ4n) is 3.24. The van der Waals surface area contributed by atoms with Crippen molar-refractivity contribution >= 4 is 35.6 Å². The maximum atomic E-state index is 13.2. The van der Waals surface area contributed by atoms with Crippen LogP contribution >= 0.6 is 0 Å². The molecular weight excluding hydrogens is 474 g/mol. The minimum atomic E-state index is -1.70. The van der Waals surface area contributed by atoms with Gasteiger partial charge in [0.05, 0.1) is 18.9 Å². The summed E-state index contributed by atoms with van der Waals surface area (Å²) in [4.78, 5) is 72.0. The molecule has 1 aromatic rings. The molecule has 9 N–H and O–H groups in total. The SMILES string of the molecule is CCC(C)C(NC(=O)C(Cc1ccccc1)NC(=O)C(N)CC(N)=O)C(=O)NC(CC(=O)O)C(=O)O. The number of nitrogens with one attached hydrogen (secondary N) is 3. The Kier molecular flexibility index (Phi) is 12.0. The average molecular weight is 508 g/mol. The van der Waals surface area contributed by atoms with Gasteiger partial charge in [0.2, 0.25) is 23.6 Å². The van der Waals surface area contributed by atoms with E-state index in [1.165, 1.54) is 0 Å². The number of hydrogen-bond acceptors (Lipinski definition) is 7. The first-order valence-electron chi connectivity index (χ1n) is 11.3. The number of hydrogen-bond donors (Lipinski definition) is 7. The standard InChI is InChI=1S/C23H33N5O8/c1-3-12(2)19(22(34)27-16(23(35)36)11-18(30)31)28-21(33)15(9-13-7-5-4-6-8-13)26-20(32)14(24)10-17(25)29/h4-8,12,14-16,19H,3,9-11,24H2,1-2H3,(H2,25,29)(H,26,32)(H,27,34)(H,28,33)(H,30,31)(H,35,36). The van der Waals surface area contributed by atoms with Crippen molar-refractivity contribution in [1.82, 2.24) is 16.0 Å². The van der Waals surface area contributed by atoms with Gasteiger partial charge in [-0.1, -0.05) is 50.6 Å². The van der Waals surface area contributed by atoms with E-state index in [1.807, 2.05) is 0 Å².